The van der Waals surface area contributed by atoms with E-state index in [9.17, 15) is 14.7 Å². The van der Waals surface area contributed by atoms with Crippen LogP contribution in [0.4, 0.5) is 0 Å². The Balaban J connectivity index is 3.88. The van der Waals surface area contributed by atoms with Crippen molar-refractivity contribution in [3.05, 3.63) is 0 Å². The van der Waals surface area contributed by atoms with Gasteiger partial charge in [0, 0.05) is 18.8 Å². The van der Waals surface area contributed by atoms with Crippen LogP contribution in [-0.2, 0) is 14.3 Å². The lowest BCUT2D eigenvalue weighted by Crippen LogP contribution is -2.45. The lowest BCUT2D eigenvalue weighted by molar-refractivity contribution is -0.873. The summed E-state index contributed by atoms with van der Waals surface area (Å²) in [7, 11) is 5.82. The Morgan fingerprint density at radius 3 is 1.96 bits per heavy atom. The highest BCUT2D eigenvalue weighted by Crippen LogP contribution is 2.11. The molecule has 5 nitrogen and oxygen atoms in total. The van der Waals surface area contributed by atoms with Gasteiger partial charge in [0.15, 0.2) is 6.10 Å². The molecule has 5 heteroatoms. The second-order valence-electron chi connectivity index (χ2n) is 7.39. The number of hydrogen-bond donors (Lipinski definition) is 0. The molecular formula is C18H35NO4. The Hall–Kier alpha value is -1.10. The molecule has 0 radical (unpaired) electrons. The summed E-state index contributed by atoms with van der Waals surface area (Å²) >= 11 is 0. The van der Waals surface area contributed by atoms with Crippen LogP contribution in [0.2, 0.25) is 0 Å². The van der Waals surface area contributed by atoms with Crippen molar-refractivity contribution in [2.24, 2.45) is 0 Å². The number of aliphatic carboxylic acids is 1. The van der Waals surface area contributed by atoms with Crippen LogP contribution in [0, 0.1) is 0 Å². The zero-order chi connectivity index (χ0) is 17.7. The molecule has 0 bridgehead atoms. The van der Waals surface area contributed by atoms with E-state index in [1.54, 1.807) is 0 Å². The van der Waals surface area contributed by atoms with E-state index in [0.717, 1.165) is 19.3 Å². The molecule has 0 aromatic rings. The highest BCUT2D eigenvalue weighted by molar-refractivity contribution is 5.70. The molecule has 0 aromatic carbocycles. The molecule has 23 heavy (non-hydrogen) atoms. The van der Waals surface area contributed by atoms with Crippen LogP contribution >= 0.6 is 0 Å². The van der Waals surface area contributed by atoms with E-state index in [-0.39, 0.29) is 12.4 Å². The minimum Gasteiger partial charge on any atom is -0.550 e. The van der Waals surface area contributed by atoms with Gasteiger partial charge in [-0.2, -0.15) is 0 Å². The molecule has 0 saturated carbocycles. The Morgan fingerprint density at radius 1 is 0.957 bits per heavy atom. The lowest BCUT2D eigenvalue weighted by Gasteiger charge is -2.29. The van der Waals surface area contributed by atoms with Gasteiger partial charge in [-0.1, -0.05) is 51.9 Å². The molecule has 0 rings (SSSR count). The van der Waals surface area contributed by atoms with Gasteiger partial charge in [-0.05, 0) is 6.42 Å². The van der Waals surface area contributed by atoms with Crippen LogP contribution in [0.25, 0.3) is 0 Å². The molecule has 0 N–H and O–H groups in total. The summed E-state index contributed by atoms with van der Waals surface area (Å²) in [5.41, 5.74) is 0. The number of nitrogens with zero attached hydrogens (tertiary/aromatic N) is 1. The van der Waals surface area contributed by atoms with Gasteiger partial charge in [-0.15, -0.1) is 0 Å². The summed E-state index contributed by atoms with van der Waals surface area (Å²) in [5, 5.41) is 10.8. The second kappa shape index (κ2) is 12.3. The van der Waals surface area contributed by atoms with Gasteiger partial charge >= 0.3 is 5.97 Å². The number of carboxylic acid groups (broad SMARTS) is 1. The normalized spacial score (nSPS) is 12.9. The van der Waals surface area contributed by atoms with Crippen LogP contribution < -0.4 is 5.11 Å². The van der Waals surface area contributed by atoms with Crippen LogP contribution in [-0.4, -0.2) is 50.2 Å². The fourth-order valence-corrected chi connectivity index (χ4v) is 2.59. The van der Waals surface area contributed by atoms with E-state index < -0.39 is 12.1 Å². The predicted molar refractivity (Wildman–Crippen MR) is 89.6 cm³/mol. The molecule has 1 atom stereocenters. The molecular weight excluding hydrogens is 294 g/mol. The zero-order valence-electron chi connectivity index (χ0n) is 15.4. The number of carboxylic acids is 1. The van der Waals surface area contributed by atoms with Crippen LogP contribution in [0.5, 0.6) is 0 Å². The Kier molecular flexibility index (Phi) is 11.7. The molecule has 0 saturated heterocycles. The smallest absolute Gasteiger partial charge is 0.306 e. The maximum absolute atomic E-state index is 11.9. The zero-order valence-corrected chi connectivity index (χ0v) is 15.4. The van der Waals surface area contributed by atoms with Gasteiger partial charge in [-0.3, -0.25) is 4.79 Å². The van der Waals surface area contributed by atoms with Gasteiger partial charge in [0.05, 0.1) is 21.1 Å². The van der Waals surface area contributed by atoms with Crippen LogP contribution in [0.3, 0.4) is 0 Å². The first-order valence-electron chi connectivity index (χ1n) is 8.94. The summed E-state index contributed by atoms with van der Waals surface area (Å²) < 4.78 is 5.87. The molecule has 0 aliphatic heterocycles. The average Bonchev–Trinajstić information content (AvgIpc) is 2.39. The number of carbonyl (C=O) groups is 2. The lowest BCUT2D eigenvalue weighted by atomic mass is 10.1. The number of unbranched alkanes of at least 4 members (excludes halogenated alkanes) is 7. The van der Waals surface area contributed by atoms with Crippen molar-refractivity contribution in [2.45, 2.75) is 77.2 Å². The highest BCUT2D eigenvalue weighted by Gasteiger charge is 2.22. The van der Waals surface area contributed by atoms with Gasteiger partial charge < -0.3 is 19.1 Å². The maximum atomic E-state index is 11.9. The standard InChI is InChI=1S/C18H35NO4/c1-5-6-7-8-9-10-11-12-13-18(22)23-16(14-17(20)21)15-19(2,3)4/h16H,5-15H2,1-4H3. The summed E-state index contributed by atoms with van der Waals surface area (Å²) in [6, 6.07) is 0. The predicted octanol–water partition coefficient (Wildman–Crippen LogP) is 2.28. The molecule has 0 spiro atoms. The fraction of sp³-hybridized carbons (Fsp3) is 0.889. The van der Waals surface area contributed by atoms with E-state index in [2.05, 4.69) is 6.92 Å². The Bertz CT molecular complexity index is 336. The summed E-state index contributed by atoms with van der Waals surface area (Å²) in [6.45, 7) is 2.68. The third-order valence-electron chi connectivity index (χ3n) is 3.68. The number of hydrogen-bond acceptors (Lipinski definition) is 4. The largest absolute Gasteiger partial charge is 0.550 e. The highest BCUT2D eigenvalue weighted by atomic mass is 16.5. The van der Waals surface area contributed by atoms with Crippen LogP contribution in [0.1, 0.15) is 71.1 Å². The SMILES string of the molecule is CCCCCCCCCCC(=O)OC(CC(=O)[O-])C[N+](C)(C)C. The maximum Gasteiger partial charge on any atom is 0.306 e. The van der Waals surface area contributed by atoms with Crippen molar-refractivity contribution in [3.63, 3.8) is 0 Å². The third-order valence-corrected chi connectivity index (χ3v) is 3.68. The van der Waals surface area contributed by atoms with Gasteiger partial charge in [-0.25, -0.2) is 0 Å². The first-order valence-corrected chi connectivity index (χ1v) is 8.94. The summed E-state index contributed by atoms with van der Waals surface area (Å²) in [4.78, 5) is 22.6. The quantitative estimate of drug-likeness (QED) is 0.278. The van der Waals surface area contributed by atoms with E-state index in [0.29, 0.717) is 17.4 Å². The Morgan fingerprint density at radius 2 is 1.48 bits per heavy atom. The van der Waals surface area contributed by atoms with E-state index in [1.807, 2.05) is 21.1 Å². The van der Waals surface area contributed by atoms with E-state index in [1.165, 1.54) is 32.1 Å². The molecule has 1 unspecified atom stereocenters. The van der Waals surface area contributed by atoms with Crippen molar-refractivity contribution in [1.82, 2.24) is 0 Å². The summed E-state index contributed by atoms with van der Waals surface area (Å²) in [6.07, 6.45) is 8.88. The van der Waals surface area contributed by atoms with Crippen molar-refractivity contribution in [1.29, 1.82) is 0 Å². The van der Waals surface area contributed by atoms with Crippen molar-refractivity contribution in [2.75, 3.05) is 27.7 Å². The molecule has 0 fully saturated rings. The molecule has 0 heterocycles. The Labute approximate surface area is 141 Å². The van der Waals surface area contributed by atoms with E-state index in [4.69, 9.17) is 4.74 Å². The average molecular weight is 329 g/mol. The first-order chi connectivity index (χ1) is 10.7. The van der Waals surface area contributed by atoms with E-state index >= 15 is 0 Å². The minimum atomic E-state index is -1.18. The molecule has 0 aliphatic carbocycles. The summed E-state index contributed by atoms with van der Waals surface area (Å²) in [5.74, 6) is -1.47. The molecule has 0 amide bonds. The number of ether oxygens (including phenoxy) is 1. The topological polar surface area (TPSA) is 66.4 Å². The molecule has 136 valence electrons. The number of esters is 1. The minimum absolute atomic E-state index is 0.237. The molecule has 0 aliphatic rings. The number of quaternary nitrogens is 1. The fourth-order valence-electron chi connectivity index (χ4n) is 2.59. The van der Waals surface area contributed by atoms with Gasteiger partial charge in [0.2, 0.25) is 0 Å². The van der Waals surface area contributed by atoms with Gasteiger partial charge in [0.25, 0.3) is 0 Å². The van der Waals surface area contributed by atoms with Crippen molar-refractivity contribution < 1.29 is 23.9 Å². The molecule has 0 aromatic heterocycles. The monoisotopic (exact) mass is 329 g/mol. The van der Waals surface area contributed by atoms with Crippen molar-refractivity contribution >= 4 is 11.9 Å². The number of carbonyl (C=O) groups excluding carboxylic acids is 2. The third kappa shape index (κ3) is 15.6. The number of rotatable bonds is 14. The van der Waals surface area contributed by atoms with Gasteiger partial charge in [0.1, 0.15) is 6.54 Å². The second-order valence-corrected chi connectivity index (χ2v) is 7.39. The van der Waals surface area contributed by atoms with Crippen LogP contribution in [0.15, 0.2) is 0 Å². The number of likely N-dealkylation sites (N-methyl/N-ethyl adjacent to an activating group) is 1. The first kappa shape index (κ1) is 21.9. The van der Waals surface area contributed by atoms with Crippen molar-refractivity contribution in [3.8, 4) is 0 Å².